The van der Waals surface area contributed by atoms with Crippen LogP contribution >= 0.6 is 0 Å². The number of carbonyl (C=O) groups is 1. The average Bonchev–Trinajstić information content (AvgIpc) is 2.84. The van der Waals surface area contributed by atoms with Crippen LogP contribution in [0.3, 0.4) is 0 Å². The molecule has 0 spiro atoms. The van der Waals surface area contributed by atoms with Crippen LogP contribution in [0, 0.1) is 0 Å². The number of hydrogen-bond donors (Lipinski definition) is 1. The molecule has 0 radical (unpaired) electrons. The monoisotopic (exact) mass is 320 g/mol. The first-order valence-electron chi connectivity index (χ1n) is 8.89. The first kappa shape index (κ1) is 15.4. The molecule has 2 aromatic rings. The fourth-order valence-corrected chi connectivity index (χ4v) is 4.24. The zero-order valence-corrected chi connectivity index (χ0v) is 14.1. The van der Waals surface area contributed by atoms with Gasteiger partial charge in [0.15, 0.2) is 0 Å². The number of fused-ring (bicyclic) bond motifs is 2. The Morgan fingerprint density at radius 1 is 0.917 bits per heavy atom. The smallest absolute Gasteiger partial charge is 0.251 e. The lowest BCUT2D eigenvalue weighted by molar-refractivity contribution is 0.0882. The molecule has 0 aromatic heterocycles. The molecular formula is C21H24N2O. The van der Waals surface area contributed by atoms with E-state index in [1.807, 2.05) is 42.5 Å². The van der Waals surface area contributed by atoms with E-state index >= 15 is 0 Å². The van der Waals surface area contributed by atoms with Crippen LogP contribution < -0.4 is 5.32 Å². The van der Waals surface area contributed by atoms with Crippen molar-refractivity contribution in [2.45, 2.75) is 43.8 Å². The minimum atomic E-state index is 0.0589. The highest BCUT2D eigenvalue weighted by molar-refractivity contribution is 5.94. The van der Waals surface area contributed by atoms with E-state index in [0.717, 1.165) is 24.0 Å². The van der Waals surface area contributed by atoms with Gasteiger partial charge in [-0.15, -0.1) is 0 Å². The normalized spacial score (nSPS) is 26.3. The first-order valence-corrected chi connectivity index (χ1v) is 8.89. The van der Waals surface area contributed by atoms with E-state index in [2.05, 4.69) is 29.4 Å². The number of carbonyl (C=O) groups excluding carboxylic acids is 1. The molecule has 3 nitrogen and oxygen atoms in total. The molecule has 1 amide bonds. The second kappa shape index (κ2) is 6.40. The van der Waals surface area contributed by atoms with Crippen molar-refractivity contribution in [3.05, 3.63) is 60.2 Å². The summed E-state index contributed by atoms with van der Waals surface area (Å²) in [6.45, 7) is 0. The second-order valence-electron chi connectivity index (χ2n) is 7.14. The molecule has 2 fully saturated rings. The summed E-state index contributed by atoms with van der Waals surface area (Å²) >= 11 is 0. The molecule has 2 unspecified atom stereocenters. The van der Waals surface area contributed by atoms with E-state index in [1.165, 1.54) is 18.4 Å². The highest BCUT2D eigenvalue weighted by Gasteiger charge is 2.38. The molecule has 4 rings (SSSR count). The number of nitrogens with zero attached hydrogens (tertiary/aromatic N) is 1. The van der Waals surface area contributed by atoms with Gasteiger partial charge in [-0.25, -0.2) is 0 Å². The number of piperidine rings is 1. The lowest BCUT2D eigenvalue weighted by Crippen LogP contribution is -2.48. The first-order chi connectivity index (χ1) is 11.7. The molecule has 3 atom stereocenters. The van der Waals surface area contributed by atoms with Gasteiger partial charge in [-0.1, -0.05) is 42.5 Å². The Labute approximate surface area is 143 Å². The van der Waals surface area contributed by atoms with Crippen LogP contribution in [-0.2, 0) is 0 Å². The van der Waals surface area contributed by atoms with E-state index in [9.17, 15) is 4.79 Å². The van der Waals surface area contributed by atoms with Crippen LogP contribution in [0.25, 0.3) is 11.1 Å². The summed E-state index contributed by atoms with van der Waals surface area (Å²) in [7, 11) is 2.22. The summed E-state index contributed by atoms with van der Waals surface area (Å²) < 4.78 is 0. The third-order valence-electron chi connectivity index (χ3n) is 5.69. The largest absolute Gasteiger partial charge is 0.349 e. The summed E-state index contributed by atoms with van der Waals surface area (Å²) in [5, 5.41) is 3.25. The van der Waals surface area contributed by atoms with E-state index < -0.39 is 0 Å². The zero-order valence-electron chi connectivity index (χ0n) is 14.1. The Bertz CT molecular complexity index is 696. The standard InChI is InChI=1S/C21H24N2O/c1-23-19-11-12-20(23)14-18(13-19)22-21(24)17-9-7-16(8-10-17)15-5-3-2-4-6-15/h2-10,18-20H,11-14H2,1H3,(H,22,24)/t18?,19-,20?/m1/s1. The van der Waals surface area contributed by atoms with Gasteiger partial charge >= 0.3 is 0 Å². The SMILES string of the molecule is CN1C2CC[C@@H]1CC(NC(=O)c1ccc(-c3ccccc3)cc1)C2. The van der Waals surface area contributed by atoms with Crippen LogP contribution in [0.2, 0.25) is 0 Å². The maximum atomic E-state index is 12.6. The van der Waals surface area contributed by atoms with Gasteiger partial charge in [0.2, 0.25) is 0 Å². The highest BCUT2D eigenvalue weighted by Crippen LogP contribution is 2.34. The zero-order chi connectivity index (χ0) is 16.5. The van der Waals surface area contributed by atoms with Crippen LogP contribution in [0.4, 0.5) is 0 Å². The van der Waals surface area contributed by atoms with Gasteiger partial charge in [0.1, 0.15) is 0 Å². The van der Waals surface area contributed by atoms with Crippen molar-refractivity contribution in [3.8, 4) is 11.1 Å². The van der Waals surface area contributed by atoms with Gasteiger partial charge in [-0.05, 0) is 56.0 Å². The molecule has 2 aliphatic heterocycles. The minimum absolute atomic E-state index is 0.0589. The number of rotatable bonds is 3. The van der Waals surface area contributed by atoms with E-state index in [4.69, 9.17) is 0 Å². The van der Waals surface area contributed by atoms with Gasteiger partial charge in [0.25, 0.3) is 5.91 Å². The Kier molecular flexibility index (Phi) is 4.11. The summed E-state index contributed by atoms with van der Waals surface area (Å²) in [5.41, 5.74) is 3.07. The summed E-state index contributed by atoms with van der Waals surface area (Å²) in [6, 6.07) is 19.8. The second-order valence-corrected chi connectivity index (χ2v) is 7.14. The van der Waals surface area contributed by atoms with Crippen LogP contribution in [-0.4, -0.2) is 36.0 Å². The van der Waals surface area contributed by atoms with E-state index in [0.29, 0.717) is 18.1 Å². The minimum Gasteiger partial charge on any atom is -0.349 e. The van der Waals surface area contributed by atoms with Crippen LogP contribution in [0.1, 0.15) is 36.0 Å². The van der Waals surface area contributed by atoms with Crippen LogP contribution in [0.5, 0.6) is 0 Å². The predicted molar refractivity (Wildman–Crippen MR) is 96.9 cm³/mol. The molecule has 2 bridgehead atoms. The third-order valence-corrected chi connectivity index (χ3v) is 5.69. The molecule has 2 aromatic carbocycles. The van der Waals surface area contributed by atoms with Gasteiger partial charge in [0, 0.05) is 23.7 Å². The van der Waals surface area contributed by atoms with Crippen molar-refractivity contribution in [2.75, 3.05) is 7.05 Å². The highest BCUT2D eigenvalue weighted by atomic mass is 16.1. The van der Waals surface area contributed by atoms with Crippen molar-refractivity contribution in [1.82, 2.24) is 10.2 Å². The number of amides is 1. The molecule has 2 aliphatic rings. The lowest BCUT2D eigenvalue weighted by Gasteiger charge is -2.36. The van der Waals surface area contributed by atoms with E-state index in [-0.39, 0.29) is 5.91 Å². The summed E-state index contributed by atoms with van der Waals surface area (Å²) in [5.74, 6) is 0.0589. The number of hydrogen-bond acceptors (Lipinski definition) is 2. The quantitative estimate of drug-likeness (QED) is 0.935. The fourth-order valence-electron chi connectivity index (χ4n) is 4.24. The number of nitrogens with one attached hydrogen (secondary N) is 1. The maximum Gasteiger partial charge on any atom is 0.251 e. The lowest BCUT2D eigenvalue weighted by atomic mass is 9.97. The molecule has 1 N–H and O–H groups in total. The maximum absolute atomic E-state index is 12.6. The van der Waals surface area contributed by atoms with Gasteiger partial charge in [-0.2, -0.15) is 0 Å². The fraction of sp³-hybridized carbons (Fsp3) is 0.381. The molecule has 124 valence electrons. The van der Waals surface area contributed by atoms with Crippen molar-refractivity contribution in [2.24, 2.45) is 0 Å². The predicted octanol–water partition coefficient (Wildman–Crippen LogP) is 3.71. The Balaban J connectivity index is 1.42. The Hall–Kier alpha value is -2.13. The molecule has 0 aliphatic carbocycles. The molecular weight excluding hydrogens is 296 g/mol. The average molecular weight is 320 g/mol. The molecule has 3 heteroatoms. The van der Waals surface area contributed by atoms with Crippen molar-refractivity contribution < 1.29 is 4.79 Å². The molecule has 2 heterocycles. The summed E-state index contributed by atoms with van der Waals surface area (Å²) in [6.07, 6.45) is 4.72. The third kappa shape index (κ3) is 2.96. The van der Waals surface area contributed by atoms with Crippen molar-refractivity contribution >= 4 is 5.91 Å². The van der Waals surface area contributed by atoms with Gasteiger partial charge in [-0.3, -0.25) is 4.79 Å². The Morgan fingerprint density at radius 2 is 1.50 bits per heavy atom. The molecule has 2 saturated heterocycles. The Morgan fingerprint density at radius 3 is 2.12 bits per heavy atom. The topological polar surface area (TPSA) is 32.3 Å². The van der Waals surface area contributed by atoms with Crippen molar-refractivity contribution in [1.29, 1.82) is 0 Å². The van der Waals surface area contributed by atoms with Gasteiger partial charge in [0.05, 0.1) is 0 Å². The van der Waals surface area contributed by atoms with Crippen molar-refractivity contribution in [3.63, 3.8) is 0 Å². The molecule has 0 saturated carbocycles. The van der Waals surface area contributed by atoms with Gasteiger partial charge < -0.3 is 10.2 Å². The van der Waals surface area contributed by atoms with E-state index in [1.54, 1.807) is 0 Å². The molecule has 24 heavy (non-hydrogen) atoms. The van der Waals surface area contributed by atoms with Crippen LogP contribution in [0.15, 0.2) is 54.6 Å². The number of benzene rings is 2. The summed E-state index contributed by atoms with van der Waals surface area (Å²) in [4.78, 5) is 15.0.